The van der Waals surface area contributed by atoms with Gasteiger partial charge in [0.2, 0.25) is 0 Å². The summed E-state index contributed by atoms with van der Waals surface area (Å²) in [6.45, 7) is 3.00. The maximum absolute atomic E-state index is 9.08. The van der Waals surface area contributed by atoms with Gasteiger partial charge in [-0.25, -0.2) is 0 Å². The van der Waals surface area contributed by atoms with Crippen LogP contribution in [0.5, 0.6) is 0 Å². The predicted molar refractivity (Wildman–Crippen MR) is 70.2 cm³/mol. The number of hydrogen-bond acceptors (Lipinski definition) is 2. The summed E-state index contributed by atoms with van der Waals surface area (Å²) in [5, 5.41) is 10.1. The van der Waals surface area contributed by atoms with Gasteiger partial charge in [-0.3, -0.25) is 0 Å². The Morgan fingerprint density at radius 1 is 1.39 bits per heavy atom. The summed E-state index contributed by atoms with van der Waals surface area (Å²) in [5.74, 6) is 0. The molecule has 18 heavy (non-hydrogen) atoms. The van der Waals surface area contributed by atoms with Gasteiger partial charge in [-0.1, -0.05) is 6.07 Å². The number of aromatic nitrogens is 1. The maximum Gasteiger partial charge on any atom is 0.0998 e. The van der Waals surface area contributed by atoms with E-state index < -0.39 is 0 Å². The molecule has 3 nitrogen and oxygen atoms in total. The average molecular weight is 240 g/mol. The molecule has 2 unspecified atom stereocenters. The molecule has 1 saturated heterocycles. The molecular weight excluding hydrogens is 224 g/mol. The van der Waals surface area contributed by atoms with E-state index in [4.69, 9.17) is 10.00 Å². The minimum Gasteiger partial charge on any atom is -0.373 e. The van der Waals surface area contributed by atoms with Crippen molar-refractivity contribution >= 4 is 10.9 Å². The number of hydrogen-bond donors (Lipinski definition) is 0. The molecule has 1 aliphatic heterocycles. The minimum absolute atomic E-state index is 0.307. The number of nitrogens with zero attached hydrogens (tertiary/aromatic N) is 2. The van der Waals surface area contributed by atoms with Gasteiger partial charge in [0.15, 0.2) is 0 Å². The number of ether oxygens (including phenoxy) is 1. The third kappa shape index (κ3) is 1.89. The summed E-state index contributed by atoms with van der Waals surface area (Å²) >= 11 is 0. The van der Waals surface area contributed by atoms with Crippen LogP contribution in [0.3, 0.4) is 0 Å². The monoisotopic (exact) mass is 240 g/mol. The van der Waals surface area contributed by atoms with Gasteiger partial charge in [0.05, 0.1) is 23.8 Å². The topological polar surface area (TPSA) is 38.0 Å². The molecule has 3 rings (SSSR count). The molecule has 0 N–H and O–H groups in total. The van der Waals surface area contributed by atoms with E-state index in [9.17, 15) is 0 Å². The molecule has 0 saturated carbocycles. The number of fused-ring (bicyclic) bond motifs is 1. The summed E-state index contributed by atoms with van der Waals surface area (Å²) in [7, 11) is 0. The molecule has 0 radical (unpaired) electrons. The third-order valence-corrected chi connectivity index (χ3v) is 3.65. The Kier molecular flexibility index (Phi) is 2.81. The van der Waals surface area contributed by atoms with E-state index in [-0.39, 0.29) is 0 Å². The van der Waals surface area contributed by atoms with E-state index in [1.54, 1.807) is 0 Å². The summed E-state index contributed by atoms with van der Waals surface area (Å²) in [6.07, 6.45) is 5.01. The van der Waals surface area contributed by atoms with Crippen LogP contribution in [0.1, 0.15) is 25.3 Å². The van der Waals surface area contributed by atoms with E-state index in [0.29, 0.717) is 12.2 Å². The van der Waals surface area contributed by atoms with Gasteiger partial charge >= 0.3 is 0 Å². The Morgan fingerprint density at radius 3 is 3.00 bits per heavy atom. The smallest absolute Gasteiger partial charge is 0.0998 e. The minimum atomic E-state index is 0.307. The molecule has 1 aromatic carbocycles. The van der Waals surface area contributed by atoms with E-state index in [1.165, 1.54) is 0 Å². The molecule has 2 heterocycles. The molecule has 2 atom stereocenters. The summed E-state index contributed by atoms with van der Waals surface area (Å²) < 4.78 is 8.05. The number of rotatable bonds is 2. The molecule has 2 aromatic rings. The zero-order chi connectivity index (χ0) is 12.5. The lowest BCUT2D eigenvalue weighted by molar-refractivity contribution is 0.0465. The maximum atomic E-state index is 9.08. The van der Waals surface area contributed by atoms with Crippen molar-refractivity contribution in [2.75, 3.05) is 0 Å². The lowest BCUT2D eigenvalue weighted by Crippen LogP contribution is -2.15. The highest BCUT2D eigenvalue weighted by Gasteiger charge is 2.22. The van der Waals surface area contributed by atoms with Gasteiger partial charge in [-0.2, -0.15) is 5.26 Å². The molecular formula is C15H16N2O. The Hall–Kier alpha value is -1.79. The van der Waals surface area contributed by atoms with Gasteiger partial charge < -0.3 is 9.30 Å². The summed E-state index contributed by atoms with van der Waals surface area (Å²) in [5.41, 5.74) is 1.86. The molecule has 3 heteroatoms. The van der Waals surface area contributed by atoms with Gasteiger partial charge in [-0.15, -0.1) is 0 Å². The first-order valence-electron chi connectivity index (χ1n) is 6.41. The van der Waals surface area contributed by atoms with Gasteiger partial charge in [0.1, 0.15) is 0 Å². The van der Waals surface area contributed by atoms with E-state index in [1.807, 2.05) is 18.2 Å². The first-order valence-corrected chi connectivity index (χ1v) is 6.41. The van der Waals surface area contributed by atoms with E-state index in [0.717, 1.165) is 35.9 Å². The van der Waals surface area contributed by atoms with Crippen molar-refractivity contribution in [2.24, 2.45) is 0 Å². The lowest BCUT2D eigenvalue weighted by atomic mass is 10.1. The van der Waals surface area contributed by atoms with Crippen molar-refractivity contribution in [1.82, 2.24) is 4.57 Å². The highest BCUT2D eigenvalue weighted by atomic mass is 16.5. The van der Waals surface area contributed by atoms with Crippen LogP contribution in [0.15, 0.2) is 30.5 Å². The van der Waals surface area contributed by atoms with Crippen molar-refractivity contribution < 1.29 is 4.74 Å². The third-order valence-electron chi connectivity index (χ3n) is 3.65. The fourth-order valence-corrected chi connectivity index (χ4v) is 2.72. The molecule has 1 fully saturated rings. The molecule has 0 bridgehead atoms. The molecule has 1 aliphatic rings. The van der Waals surface area contributed by atoms with Gasteiger partial charge in [-0.05, 0) is 38.0 Å². The SMILES string of the molecule is CC1CCC(Cn2ccc3c(C#N)cccc32)O1. The number of nitriles is 1. The average Bonchev–Trinajstić information content (AvgIpc) is 2.97. The molecule has 1 aromatic heterocycles. The van der Waals surface area contributed by atoms with Crippen LogP contribution in [0, 0.1) is 11.3 Å². The molecule has 0 aliphatic carbocycles. The zero-order valence-electron chi connectivity index (χ0n) is 10.5. The van der Waals surface area contributed by atoms with Crippen LogP contribution in [0.4, 0.5) is 0 Å². The predicted octanol–water partition coefficient (Wildman–Crippen LogP) is 3.08. The highest BCUT2D eigenvalue weighted by molar-refractivity contribution is 5.85. The van der Waals surface area contributed by atoms with E-state index >= 15 is 0 Å². The Morgan fingerprint density at radius 2 is 2.28 bits per heavy atom. The second-order valence-electron chi connectivity index (χ2n) is 4.96. The van der Waals surface area contributed by atoms with Crippen molar-refractivity contribution in [2.45, 2.75) is 38.5 Å². The first-order chi connectivity index (χ1) is 8.78. The van der Waals surface area contributed by atoms with E-state index in [2.05, 4.69) is 29.8 Å². The Labute approximate surface area is 107 Å². The molecule has 92 valence electrons. The Bertz CT molecular complexity index is 608. The lowest BCUT2D eigenvalue weighted by Gasteiger charge is -2.13. The van der Waals surface area contributed by atoms with Gasteiger partial charge in [0, 0.05) is 23.6 Å². The quantitative estimate of drug-likeness (QED) is 0.809. The van der Waals surface area contributed by atoms with Crippen LogP contribution in [0.25, 0.3) is 10.9 Å². The normalized spacial score (nSPS) is 23.3. The van der Waals surface area contributed by atoms with Crippen molar-refractivity contribution in [1.29, 1.82) is 5.26 Å². The standard InChI is InChI=1S/C15H16N2O/c1-11-5-6-13(18-11)10-17-8-7-14-12(9-16)3-2-4-15(14)17/h2-4,7-8,11,13H,5-6,10H2,1H3. The van der Waals surface area contributed by atoms with Crippen molar-refractivity contribution in [3.63, 3.8) is 0 Å². The van der Waals surface area contributed by atoms with Crippen LogP contribution in [-0.4, -0.2) is 16.8 Å². The summed E-state index contributed by atoms with van der Waals surface area (Å²) in [6, 6.07) is 10.1. The molecule has 0 amide bonds. The van der Waals surface area contributed by atoms with Crippen LogP contribution in [-0.2, 0) is 11.3 Å². The molecule has 0 spiro atoms. The van der Waals surface area contributed by atoms with Crippen molar-refractivity contribution in [3.05, 3.63) is 36.0 Å². The van der Waals surface area contributed by atoms with Crippen LogP contribution in [0.2, 0.25) is 0 Å². The first kappa shape index (κ1) is 11.3. The van der Waals surface area contributed by atoms with Crippen LogP contribution >= 0.6 is 0 Å². The second kappa shape index (κ2) is 4.47. The van der Waals surface area contributed by atoms with Crippen LogP contribution < -0.4 is 0 Å². The summed E-state index contributed by atoms with van der Waals surface area (Å²) in [4.78, 5) is 0. The van der Waals surface area contributed by atoms with Gasteiger partial charge in [0.25, 0.3) is 0 Å². The highest BCUT2D eigenvalue weighted by Crippen LogP contribution is 2.24. The Balaban J connectivity index is 1.92. The zero-order valence-corrected chi connectivity index (χ0v) is 10.5. The van der Waals surface area contributed by atoms with Crippen molar-refractivity contribution in [3.8, 4) is 6.07 Å². The fraction of sp³-hybridized carbons (Fsp3) is 0.400. The largest absolute Gasteiger partial charge is 0.373 e. The number of benzene rings is 1. The second-order valence-corrected chi connectivity index (χ2v) is 4.96. The fourth-order valence-electron chi connectivity index (χ4n) is 2.72.